The molecule has 0 bridgehead atoms. The molecule has 0 atom stereocenters. The molecule has 8 heteroatoms. The highest BCUT2D eigenvalue weighted by atomic mass is 19.1. The van der Waals surface area contributed by atoms with Crippen molar-refractivity contribution in [3.63, 3.8) is 0 Å². The summed E-state index contributed by atoms with van der Waals surface area (Å²) in [5.74, 6) is -0.468. The normalized spacial score (nSPS) is 10.5. The van der Waals surface area contributed by atoms with Gasteiger partial charge in [0.1, 0.15) is 17.6 Å². The van der Waals surface area contributed by atoms with Gasteiger partial charge >= 0.3 is 0 Å². The number of rotatable bonds is 3. The van der Waals surface area contributed by atoms with E-state index < -0.39 is 5.82 Å². The summed E-state index contributed by atoms with van der Waals surface area (Å²) in [6.45, 7) is 0. The molecule has 3 aromatic heterocycles. The quantitative estimate of drug-likeness (QED) is 0.561. The lowest BCUT2D eigenvalue weighted by molar-refractivity contribution is 0.611. The minimum Gasteiger partial charge on any atom is -0.287 e. The molecule has 7 nitrogen and oxygen atoms in total. The molecule has 0 amide bonds. The molecule has 0 N–H and O–H groups in total. The smallest absolute Gasteiger partial charge is 0.209 e. The Morgan fingerprint density at radius 2 is 1.96 bits per heavy atom. The summed E-state index contributed by atoms with van der Waals surface area (Å²) in [5.41, 5.74) is 1.21. The Labute approximate surface area is 152 Å². The summed E-state index contributed by atoms with van der Waals surface area (Å²) in [7, 11) is 0. The molecule has 0 radical (unpaired) electrons. The maximum Gasteiger partial charge on any atom is 0.209 e. The van der Waals surface area contributed by atoms with Gasteiger partial charge in [0, 0.05) is 18.5 Å². The molecule has 0 aliphatic heterocycles. The highest BCUT2D eigenvalue weighted by molar-refractivity contribution is 5.57. The second-order valence-corrected chi connectivity index (χ2v) is 5.60. The fraction of sp³-hybridized carbons (Fsp3) is 0. The summed E-state index contributed by atoms with van der Waals surface area (Å²) in [4.78, 5) is 16.4. The molecule has 4 rings (SSSR count). The first kappa shape index (κ1) is 16.4. The van der Waals surface area contributed by atoms with E-state index in [0.717, 1.165) is 0 Å². The van der Waals surface area contributed by atoms with Crippen LogP contribution in [0, 0.1) is 17.1 Å². The molecular formula is C19H11FN6O. The number of nitrogens with zero attached hydrogens (tertiary/aromatic N) is 6. The fourth-order valence-electron chi connectivity index (χ4n) is 2.64. The van der Waals surface area contributed by atoms with Gasteiger partial charge in [0.05, 0.1) is 29.3 Å². The van der Waals surface area contributed by atoms with E-state index in [-0.39, 0.29) is 16.8 Å². The van der Waals surface area contributed by atoms with E-state index in [1.54, 1.807) is 30.3 Å². The van der Waals surface area contributed by atoms with Gasteiger partial charge < -0.3 is 0 Å². The van der Waals surface area contributed by atoms with Crippen LogP contribution >= 0.6 is 0 Å². The van der Waals surface area contributed by atoms with E-state index >= 15 is 0 Å². The monoisotopic (exact) mass is 358 g/mol. The van der Waals surface area contributed by atoms with Crippen LogP contribution in [0.4, 0.5) is 4.39 Å². The summed E-state index contributed by atoms with van der Waals surface area (Å²) >= 11 is 0. The molecule has 0 spiro atoms. The molecule has 0 unspecified atom stereocenters. The number of benzene rings is 1. The number of hydrogen-bond donors (Lipinski definition) is 0. The van der Waals surface area contributed by atoms with Gasteiger partial charge in [-0.15, -0.1) is 0 Å². The number of para-hydroxylation sites is 1. The van der Waals surface area contributed by atoms with Gasteiger partial charge in [-0.2, -0.15) is 15.5 Å². The average Bonchev–Trinajstić information content (AvgIpc) is 3.18. The Kier molecular flexibility index (Phi) is 4.03. The van der Waals surface area contributed by atoms with Crippen LogP contribution in [0.3, 0.4) is 0 Å². The first-order valence-corrected chi connectivity index (χ1v) is 7.92. The largest absolute Gasteiger partial charge is 0.287 e. The second-order valence-electron chi connectivity index (χ2n) is 5.60. The number of halogens is 1. The first-order valence-electron chi connectivity index (χ1n) is 7.92. The van der Waals surface area contributed by atoms with Crippen LogP contribution in [-0.2, 0) is 0 Å². The van der Waals surface area contributed by atoms with E-state index in [0.29, 0.717) is 16.9 Å². The second kappa shape index (κ2) is 6.65. The predicted octanol–water partition coefficient (Wildman–Crippen LogP) is 2.49. The van der Waals surface area contributed by atoms with Gasteiger partial charge in [-0.05, 0) is 24.3 Å². The summed E-state index contributed by atoms with van der Waals surface area (Å²) in [6, 6.07) is 12.7. The first-order chi connectivity index (χ1) is 13.2. The molecule has 1 aromatic carbocycles. The van der Waals surface area contributed by atoms with Crippen molar-refractivity contribution in [2.45, 2.75) is 0 Å². The van der Waals surface area contributed by atoms with Crippen molar-refractivity contribution in [3.05, 3.63) is 88.9 Å². The van der Waals surface area contributed by atoms with E-state index in [9.17, 15) is 9.18 Å². The van der Waals surface area contributed by atoms with Gasteiger partial charge in [-0.1, -0.05) is 12.1 Å². The Morgan fingerprint density at radius 3 is 2.78 bits per heavy atom. The van der Waals surface area contributed by atoms with Gasteiger partial charge in [0.25, 0.3) is 0 Å². The highest BCUT2D eigenvalue weighted by Gasteiger charge is 2.15. The van der Waals surface area contributed by atoms with Crippen LogP contribution < -0.4 is 5.43 Å². The Balaban J connectivity index is 1.87. The van der Waals surface area contributed by atoms with E-state index in [1.165, 1.54) is 46.3 Å². The Morgan fingerprint density at radius 1 is 1.11 bits per heavy atom. The van der Waals surface area contributed by atoms with Gasteiger partial charge in [-0.3, -0.25) is 9.78 Å². The van der Waals surface area contributed by atoms with E-state index in [1.807, 2.05) is 6.07 Å². The molecular weight excluding hydrogens is 347 g/mol. The summed E-state index contributed by atoms with van der Waals surface area (Å²) in [6.07, 6.45) is 5.91. The maximum absolute atomic E-state index is 14.2. The Hall–Kier alpha value is -4.12. The number of hydrogen-bond acceptors (Lipinski definition) is 5. The predicted molar refractivity (Wildman–Crippen MR) is 94.9 cm³/mol. The van der Waals surface area contributed by atoms with E-state index in [4.69, 9.17) is 5.26 Å². The fourth-order valence-corrected chi connectivity index (χ4v) is 2.64. The van der Waals surface area contributed by atoms with Crippen LogP contribution in [0.15, 0.2) is 72.0 Å². The average molecular weight is 358 g/mol. The lowest BCUT2D eigenvalue weighted by Crippen LogP contribution is -2.15. The molecule has 0 saturated carbocycles. The van der Waals surface area contributed by atoms with Gasteiger partial charge in [-0.25, -0.2) is 13.8 Å². The molecule has 0 aliphatic carbocycles. The zero-order valence-corrected chi connectivity index (χ0v) is 13.8. The molecule has 27 heavy (non-hydrogen) atoms. The topological polar surface area (TPSA) is 89.4 Å². The third-order valence-corrected chi connectivity index (χ3v) is 3.89. The molecule has 0 aliphatic rings. The van der Waals surface area contributed by atoms with Crippen LogP contribution in [0.25, 0.3) is 22.8 Å². The SMILES string of the molecule is N#Cc1cncc(-n2ccc(=O)c(-c3ccnn3-c3ccccc3F)n2)c1. The van der Waals surface area contributed by atoms with E-state index in [2.05, 4.69) is 15.2 Å². The van der Waals surface area contributed by atoms with Crippen LogP contribution in [0.5, 0.6) is 0 Å². The lowest BCUT2D eigenvalue weighted by Gasteiger charge is -2.10. The van der Waals surface area contributed by atoms with Crippen molar-refractivity contribution >= 4 is 0 Å². The lowest BCUT2D eigenvalue weighted by atomic mass is 10.2. The third kappa shape index (κ3) is 2.98. The molecule has 4 aromatic rings. The number of nitriles is 1. The minimum atomic E-state index is -0.468. The number of aromatic nitrogens is 5. The molecule has 0 fully saturated rings. The van der Waals surface area contributed by atoms with Crippen molar-refractivity contribution in [2.75, 3.05) is 0 Å². The molecule has 0 saturated heterocycles. The zero-order valence-electron chi connectivity index (χ0n) is 13.8. The van der Waals surface area contributed by atoms with Crippen molar-refractivity contribution < 1.29 is 4.39 Å². The van der Waals surface area contributed by atoms with Crippen molar-refractivity contribution in [1.29, 1.82) is 5.26 Å². The van der Waals surface area contributed by atoms with Crippen LogP contribution in [-0.4, -0.2) is 24.5 Å². The zero-order chi connectivity index (χ0) is 18.8. The summed E-state index contributed by atoms with van der Waals surface area (Å²) < 4.78 is 16.9. The summed E-state index contributed by atoms with van der Waals surface area (Å²) in [5, 5.41) is 17.5. The van der Waals surface area contributed by atoms with Crippen LogP contribution in [0.1, 0.15) is 5.56 Å². The third-order valence-electron chi connectivity index (χ3n) is 3.89. The van der Waals surface area contributed by atoms with Crippen molar-refractivity contribution in [3.8, 4) is 28.8 Å². The van der Waals surface area contributed by atoms with Crippen molar-refractivity contribution in [1.82, 2.24) is 24.5 Å². The van der Waals surface area contributed by atoms with Crippen LogP contribution in [0.2, 0.25) is 0 Å². The van der Waals surface area contributed by atoms with Crippen molar-refractivity contribution in [2.24, 2.45) is 0 Å². The maximum atomic E-state index is 14.2. The molecule has 130 valence electrons. The Bertz CT molecular complexity index is 1240. The van der Waals surface area contributed by atoms with Gasteiger partial charge in [0.15, 0.2) is 5.69 Å². The minimum absolute atomic E-state index is 0.0978. The van der Waals surface area contributed by atoms with Gasteiger partial charge in [0.2, 0.25) is 5.43 Å². The highest BCUT2D eigenvalue weighted by Crippen LogP contribution is 2.20. The number of pyridine rings is 1. The molecule has 3 heterocycles. The standard InChI is InChI=1S/C19H11FN6O/c20-15-3-1-2-4-16(15)26-17(5-7-23-26)19-18(27)6-8-25(24-19)14-9-13(10-21)11-22-12-14/h1-9,11-12H.